The lowest BCUT2D eigenvalue weighted by Crippen LogP contribution is -2.31. The number of carbonyl (C=O) groups is 1. The fourth-order valence-corrected chi connectivity index (χ4v) is 16.8. The number of thioether (sulfide) groups is 1. The van der Waals surface area contributed by atoms with Crippen LogP contribution in [0.1, 0.15) is 94.4 Å². The van der Waals surface area contributed by atoms with Gasteiger partial charge in [-0.2, -0.15) is 0 Å². The molecule has 0 spiro atoms. The first-order valence-electron chi connectivity index (χ1n) is 25.2. The molecule has 0 atom stereocenters. The van der Waals surface area contributed by atoms with Gasteiger partial charge in [0.15, 0.2) is 0 Å². The number of thiophene rings is 1. The smallest absolute Gasteiger partial charge is 0.276 e. The van der Waals surface area contributed by atoms with E-state index in [0.717, 1.165) is 97.1 Å². The maximum atomic E-state index is 14.2. The summed E-state index contributed by atoms with van der Waals surface area (Å²) in [4.78, 5) is 52.2. The highest BCUT2D eigenvalue weighted by Crippen LogP contribution is 2.56. The fraction of sp³-hybridized carbons (Fsp3) is 0.233. The van der Waals surface area contributed by atoms with E-state index in [1.54, 1.807) is 17.4 Å². The highest BCUT2D eigenvalue weighted by Gasteiger charge is 2.43. The minimum Gasteiger partial charge on any atom is -0.322 e. The van der Waals surface area contributed by atoms with Crippen molar-refractivity contribution in [1.82, 2.24) is 14.0 Å². The molecule has 4 heterocycles. The van der Waals surface area contributed by atoms with Crippen molar-refractivity contribution in [2.45, 2.75) is 84.6 Å². The maximum Gasteiger partial charge on any atom is 0.276 e. The summed E-state index contributed by atoms with van der Waals surface area (Å²) >= 11 is 10.4. The number of nitrogens with zero attached hydrogens (tertiary/aromatic N) is 4. The first-order valence-corrected chi connectivity index (χ1v) is 28.8. The highest BCUT2D eigenvalue weighted by molar-refractivity contribution is 8.30. The minimum absolute atomic E-state index is 0.0890. The molecule has 9 nitrogen and oxygen atoms in total. The second-order valence-corrected chi connectivity index (χ2v) is 23.6. The largest absolute Gasteiger partial charge is 0.322 e. The molecule has 0 radical (unpaired) electrons. The van der Waals surface area contributed by atoms with Gasteiger partial charge in [0.05, 0.1) is 4.53 Å². The summed E-state index contributed by atoms with van der Waals surface area (Å²) in [6, 6.07) is 44.7. The Kier molecular flexibility index (Phi) is 13.0. The number of aromatic nitrogens is 2. The van der Waals surface area contributed by atoms with Crippen LogP contribution in [-0.2, 0) is 27.1 Å². The van der Waals surface area contributed by atoms with E-state index in [2.05, 4.69) is 159 Å². The monoisotopic (exact) mass is 1070 g/mol. The summed E-state index contributed by atoms with van der Waals surface area (Å²) in [6.45, 7) is 17.4. The molecule has 8 aromatic rings. The number of thiocarbonyl (C=S) groups is 1. The van der Waals surface area contributed by atoms with Crippen molar-refractivity contribution in [2.24, 2.45) is 0 Å². The Balaban J connectivity index is 1.01. The molecule has 1 N–H and O–H groups in total. The normalized spacial score (nSPS) is 16.4. The van der Waals surface area contributed by atoms with Crippen LogP contribution in [0.25, 0.3) is 49.6 Å². The van der Waals surface area contributed by atoms with E-state index in [1.807, 2.05) is 19.9 Å². The Morgan fingerprint density at radius 1 is 0.649 bits per heavy atom. The van der Waals surface area contributed by atoms with Crippen LogP contribution in [0.4, 0.5) is 17.1 Å². The molecule has 0 unspecified atom stereocenters. The Morgan fingerprint density at radius 3 is 1.73 bits per heavy atom. The van der Waals surface area contributed by atoms with Crippen LogP contribution in [0.15, 0.2) is 137 Å². The summed E-state index contributed by atoms with van der Waals surface area (Å²) in [5.41, 5.74) is 14.0. The lowest BCUT2D eigenvalue weighted by Gasteiger charge is -2.33. The number of fused-ring (bicyclic) bond motifs is 6. The van der Waals surface area contributed by atoms with Gasteiger partial charge in [-0.25, -0.2) is 9.82 Å². The summed E-state index contributed by atoms with van der Waals surface area (Å²) in [5, 5.41) is 9.77. The summed E-state index contributed by atoms with van der Waals surface area (Å²) in [6.07, 6.45) is 5.79. The van der Waals surface area contributed by atoms with Crippen molar-refractivity contribution in [3.05, 3.63) is 194 Å². The average molecular weight is 1070 g/mol. The molecule has 5 aromatic carbocycles. The van der Waals surface area contributed by atoms with Gasteiger partial charge in [-0.05, 0) is 151 Å². The van der Waals surface area contributed by atoms with Crippen LogP contribution in [0, 0.1) is 9.20 Å². The second-order valence-electron chi connectivity index (χ2n) is 18.8. The average Bonchev–Trinajstić information content (AvgIpc) is 4.29. The zero-order chi connectivity index (χ0) is 51.8. The van der Waals surface area contributed by atoms with Gasteiger partial charge < -0.3 is 9.79 Å². The molecule has 1 saturated heterocycles. The molecular weight excluding hydrogens is 1020 g/mol. The van der Waals surface area contributed by atoms with Crippen molar-refractivity contribution in [1.29, 1.82) is 0 Å². The molecule has 3 aliphatic rings. The standard InChI is InChI=1S/C60H54N4O5S5/c1-8-59(9-2)45-20-16-14-18-41(45)43-29-26-38(32-47(43)59)64(39-27-30-44-42-19-15-17-21-46(42)60(10-3,11-4)48(44)33-39)37-24-22-36(23-25-37)49-31-28-40(71-49)34-50-53(65)63(35(7)69-68)57(72-50)52-54(66)61(12-5)56(73-52)51-55(67)62(13-6)58(70)74-51/h14-34,68H,7-13H2,1-6H3/b50-34-,56-51-,57-52+. The summed E-state index contributed by atoms with van der Waals surface area (Å²) in [7, 11) is 0. The van der Waals surface area contributed by atoms with Gasteiger partial charge in [-0.3, -0.25) is 23.9 Å². The molecule has 3 aromatic heterocycles. The molecule has 1 aliphatic heterocycles. The van der Waals surface area contributed by atoms with Crippen molar-refractivity contribution in [2.75, 3.05) is 11.4 Å². The minimum atomic E-state index is -0.505. The first kappa shape index (κ1) is 49.8. The Labute approximate surface area is 450 Å². The van der Waals surface area contributed by atoms with Gasteiger partial charge >= 0.3 is 0 Å². The predicted molar refractivity (Wildman–Crippen MR) is 311 cm³/mol. The molecular formula is C60H54N4O5S5. The third-order valence-corrected chi connectivity index (χ3v) is 20.7. The number of thiazole rings is 2. The lowest BCUT2D eigenvalue weighted by molar-refractivity contribution is -0.176. The van der Waals surface area contributed by atoms with E-state index in [-0.39, 0.29) is 43.9 Å². The molecule has 1 amide bonds. The lowest BCUT2D eigenvalue weighted by atomic mass is 9.73. The van der Waals surface area contributed by atoms with Crippen LogP contribution in [0.5, 0.6) is 0 Å². The van der Waals surface area contributed by atoms with Crippen LogP contribution < -0.4 is 25.2 Å². The van der Waals surface area contributed by atoms with Crippen molar-refractivity contribution in [3.8, 4) is 32.7 Å². The second kappa shape index (κ2) is 19.4. The van der Waals surface area contributed by atoms with Crippen molar-refractivity contribution < 1.29 is 14.9 Å². The van der Waals surface area contributed by atoms with Crippen LogP contribution in [-0.4, -0.2) is 36.1 Å². The summed E-state index contributed by atoms with van der Waals surface area (Å²) < 4.78 is 4.26. The van der Waals surface area contributed by atoms with Crippen LogP contribution >= 0.6 is 58.0 Å². The van der Waals surface area contributed by atoms with Gasteiger partial charge in [-0.15, -0.1) is 34.0 Å². The van der Waals surface area contributed by atoms with E-state index in [9.17, 15) is 19.6 Å². The maximum absolute atomic E-state index is 14.2. The van der Waals surface area contributed by atoms with Crippen LogP contribution in [0.3, 0.4) is 0 Å². The van der Waals surface area contributed by atoms with E-state index in [0.29, 0.717) is 25.0 Å². The van der Waals surface area contributed by atoms with Gasteiger partial charge in [0.2, 0.25) is 5.88 Å². The third kappa shape index (κ3) is 7.54. The van der Waals surface area contributed by atoms with Gasteiger partial charge in [0.1, 0.15) is 23.1 Å². The Bertz CT molecular complexity index is 3870. The number of anilines is 3. The Morgan fingerprint density at radius 2 is 1.20 bits per heavy atom. The molecule has 0 saturated carbocycles. The highest BCUT2D eigenvalue weighted by atomic mass is 32.2. The molecule has 374 valence electrons. The van der Waals surface area contributed by atoms with E-state index in [4.69, 9.17) is 12.2 Å². The quantitative estimate of drug-likeness (QED) is 0.0528. The van der Waals surface area contributed by atoms with E-state index >= 15 is 0 Å². The van der Waals surface area contributed by atoms with E-state index < -0.39 is 5.56 Å². The first-order chi connectivity index (χ1) is 35.9. The zero-order valence-electron chi connectivity index (χ0n) is 42.0. The molecule has 11 rings (SSSR count). The number of rotatable bonds is 13. The molecule has 1 fully saturated rings. The molecule has 0 bridgehead atoms. The molecule has 2 aliphatic carbocycles. The number of hydrogen-bond acceptors (Lipinski definition) is 11. The number of benzene rings is 5. The number of hydrogen-bond donors (Lipinski definition) is 1. The van der Waals surface area contributed by atoms with Crippen molar-refractivity contribution >= 4 is 102 Å². The van der Waals surface area contributed by atoms with E-state index in [1.165, 1.54) is 54.0 Å². The molecule has 14 heteroatoms. The predicted octanol–water partition coefficient (Wildman–Crippen LogP) is 13.5. The SMILES string of the molecule is C=C(OO)n1c(=O)/c(=C/c2ccc(-c3ccc(N(c4ccc5c(c4)C(CC)(CC)c4ccccc4-5)c4ccc5c(c4)C(CC)(CC)c4ccccc4-5)cc3)s2)s/c1=c1/s/c(=C2\SC(=S)N(CC)C2=O)n(CC)c1=O. The van der Waals surface area contributed by atoms with Gasteiger partial charge in [-0.1, -0.05) is 124 Å². The number of amides is 1. The summed E-state index contributed by atoms with van der Waals surface area (Å²) in [5.74, 6) is -0.614. The zero-order valence-corrected chi connectivity index (χ0v) is 46.1. The molecule has 74 heavy (non-hydrogen) atoms. The van der Waals surface area contributed by atoms with Gasteiger partial charge in [0, 0.05) is 50.7 Å². The fourth-order valence-electron chi connectivity index (χ4n) is 11.8. The topological polar surface area (TPSA) is 97.0 Å². The van der Waals surface area contributed by atoms with Crippen molar-refractivity contribution in [3.63, 3.8) is 0 Å². The Hall–Kier alpha value is -6.39. The van der Waals surface area contributed by atoms with Crippen LogP contribution in [0.2, 0.25) is 0 Å². The van der Waals surface area contributed by atoms with Gasteiger partial charge in [0.25, 0.3) is 17.0 Å². The third-order valence-electron chi connectivity index (χ3n) is 15.7. The number of carbonyl (C=O) groups excluding carboxylic acids is 1.